The third-order valence-corrected chi connectivity index (χ3v) is 4.06. The molecule has 4 nitrogen and oxygen atoms in total. The lowest BCUT2D eigenvalue weighted by Crippen LogP contribution is -2.48. The predicted octanol–water partition coefficient (Wildman–Crippen LogP) is 1.86. The van der Waals surface area contributed by atoms with E-state index in [0.717, 1.165) is 38.6 Å². The first-order valence-electron chi connectivity index (χ1n) is 7.44. The fourth-order valence-electron chi connectivity index (χ4n) is 3.04. The number of hydrogen-bond acceptors (Lipinski definition) is 2. The van der Waals surface area contributed by atoms with Crippen LogP contribution in [0.2, 0.25) is 0 Å². The van der Waals surface area contributed by atoms with Gasteiger partial charge in [-0.05, 0) is 39.0 Å². The van der Waals surface area contributed by atoms with Crippen LogP contribution < -0.4 is 5.32 Å². The van der Waals surface area contributed by atoms with Crippen LogP contribution in [-0.4, -0.2) is 35.8 Å². The number of carbonyl (C=O) groups excluding carboxylic acids is 2. The number of nitrogens with zero attached hydrogens (tertiary/aromatic N) is 1. The van der Waals surface area contributed by atoms with Gasteiger partial charge in [-0.3, -0.25) is 9.59 Å². The Morgan fingerprint density at radius 2 is 2.00 bits per heavy atom. The second-order valence-electron chi connectivity index (χ2n) is 5.48. The maximum atomic E-state index is 12.5. The van der Waals surface area contributed by atoms with E-state index in [9.17, 15) is 9.59 Å². The number of amides is 2. The van der Waals surface area contributed by atoms with Gasteiger partial charge in [0.1, 0.15) is 0 Å². The highest BCUT2D eigenvalue weighted by Gasteiger charge is 2.32. The molecule has 1 aliphatic carbocycles. The zero-order valence-electron chi connectivity index (χ0n) is 11.7. The monoisotopic (exact) mass is 264 g/mol. The SMILES string of the molecule is CCNC(=O)C[C@@H]1CCCCN1C(=O)C1CC=CC1. The summed E-state index contributed by atoms with van der Waals surface area (Å²) in [6, 6.07) is 0.105. The van der Waals surface area contributed by atoms with Crippen LogP contribution in [0.25, 0.3) is 0 Å². The molecule has 1 fully saturated rings. The van der Waals surface area contributed by atoms with Crippen molar-refractivity contribution < 1.29 is 9.59 Å². The number of carbonyl (C=O) groups is 2. The van der Waals surface area contributed by atoms with Gasteiger partial charge in [-0.15, -0.1) is 0 Å². The average Bonchev–Trinajstić information content (AvgIpc) is 2.93. The summed E-state index contributed by atoms with van der Waals surface area (Å²) in [4.78, 5) is 26.2. The molecule has 0 spiro atoms. The van der Waals surface area contributed by atoms with Crippen molar-refractivity contribution in [3.05, 3.63) is 12.2 Å². The second kappa shape index (κ2) is 6.73. The largest absolute Gasteiger partial charge is 0.356 e. The molecule has 19 heavy (non-hydrogen) atoms. The molecule has 1 aliphatic heterocycles. The van der Waals surface area contributed by atoms with E-state index in [0.29, 0.717) is 13.0 Å². The summed E-state index contributed by atoms with van der Waals surface area (Å²) in [5, 5.41) is 2.83. The first-order valence-corrected chi connectivity index (χ1v) is 7.44. The molecule has 2 rings (SSSR count). The molecule has 1 N–H and O–H groups in total. The molecule has 0 radical (unpaired) electrons. The molecule has 0 aromatic rings. The minimum atomic E-state index is 0.0664. The quantitative estimate of drug-likeness (QED) is 0.788. The maximum absolute atomic E-state index is 12.5. The van der Waals surface area contributed by atoms with Gasteiger partial charge in [-0.1, -0.05) is 12.2 Å². The summed E-state index contributed by atoms with van der Waals surface area (Å²) in [7, 11) is 0. The van der Waals surface area contributed by atoms with Crippen LogP contribution in [-0.2, 0) is 9.59 Å². The maximum Gasteiger partial charge on any atom is 0.226 e. The zero-order chi connectivity index (χ0) is 13.7. The van der Waals surface area contributed by atoms with Crippen LogP contribution in [0.5, 0.6) is 0 Å². The third kappa shape index (κ3) is 3.58. The molecule has 1 saturated heterocycles. The molecule has 4 heteroatoms. The van der Waals surface area contributed by atoms with E-state index < -0.39 is 0 Å². The number of nitrogens with one attached hydrogen (secondary N) is 1. The Hall–Kier alpha value is -1.32. The standard InChI is InChI=1S/C15H24N2O2/c1-2-16-14(18)11-13-9-5-6-10-17(13)15(19)12-7-3-4-8-12/h3-4,12-13H,2,5-11H2,1H3,(H,16,18)/t13-/m0/s1. The first-order chi connectivity index (χ1) is 9.22. The Labute approximate surface area is 115 Å². The summed E-state index contributed by atoms with van der Waals surface area (Å²) < 4.78 is 0. The third-order valence-electron chi connectivity index (χ3n) is 4.06. The molecule has 1 heterocycles. The van der Waals surface area contributed by atoms with Crippen molar-refractivity contribution in [1.82, 2.24) is 10.2 Å². The molecule has 0 saturated carbocycles. The molecule has 1 atom stereocenters. The van der Waals surface area contributed by atoms with Gasteiger partial charge in [-0.2, -0.15) is 0 Å². The Balaban J connectivity index is 1.95. The highest BCUT2D eigenvalue weighted by molar-refractivity contribution is 5.82. The topological polar surface area (TPSA) is 49.4 Å². The predicted molar refractivity (Wildman–Crippen MR) is 74.5 cm³/mol. The molecule has 2 aliphatic rings. The average molecular weight is 264 g/mol. The van der Waals surface area contributed by atoms with Gasteiger partial charge in [-0.25, -0.2) is 0 Å². The fourth-order valence-corrected chi connectivity index (χ4v) is 3.04. The molecule has 2 amide bonds. The van der Waals surface area contributed by atoms with Gasteiger partial charge in [0.2, 0.25) is 11.8 Å². The van der Waals surface area contributed by atoms with Crippen LogP contribution >= 0.6 is 0 Å². The summed E-state index contributed by atoms with van der Waals surface area (Å²) in [5.74, 6) is 0.436. The van der Waals surface area contributed by atoms with Gasteiger partial charge >= 0.3 is 0 Å². The van der Waals surface area contributed by atoms with Crippen molar-refractivity contribution in [1.29, 1.82) is 0 Å². The first kappa shape index (κ1) is 14.1. The number of rotatable bonds is 4. The second-order valence-corrected chi connectivity index (χ2v) is 5.48. The van der Waals surface area contributed by atoms with E-state index in [2.05, 4.69) is 17.5 Å². The van der Waals surface area contributed by atoms with Crippen LogP contribution in [0.4, 0.5) is 0 Å². The van der Waals surface area contributed by atoms with E-state index in [4.69, 9.17) is 0 Å². The van der Waals surface area contributed by atoms with Crippen molar-refractivity contribution in [2.45, 2.75) is 51.5 Å². The van der Waals surface area contributed by atoms with E-state index >= 15 is 0 Å². The molecule has 0 unspecified atom stereocenters. The highest BCUT2D eigenvalue weighted by Crippen LogP contribution is 2.26. The molecule has 0 bridgehead atoms. The Kier molecular flexibility index (Phi) is 5.00. The lowest BCUT2D eigenvalue weighted by atomic mass is 9.95. The summed E-state index contributed by atoms with van der Waals surface area (Å²) >= 11 is 0. The van der Waals surface area contributed by atoms with Gasteiger partial charge in [0.15, 0.2) is 0 Å². The Morgan fingerprint density at radius 3 is 2.68 bits per heavy atom. The van der Waals surface area contributed by atoms with E-state index in [1.165, 1.54) is 0 Å². The molecular formula is C15H24N2O2. The number of allylic oxidation sites excluding steroid dienone is 2. The van der Waals surface area contributed by atoms with E-state index in [-0.39, 0.29) is 23.8 Å². The van der Waals surface area contributed by atoms with Crippen molar-refractivity contribution in [3.63, 3.8) is 0 Å². The Bertz CT molecular complexity index is 357. The number of likely N-dealkylation sites (tertiary alicyclic amines) is 1. The van der Waals surface area contributed by atoms with Gasteiger partial charge in [0.05, 0.1) is 0 Å². The van der Waals surface area contributed by atoms with Crippen LogP contribution in [0.1, 0.15) is 45.4 Å². The normalized spacial score (nSPS) is 23.6. The van der Waals surface area contributed by atoms with Crippen LogP contribution in [0, 0.1) is 5.92 Å². The number of hydrogen-bond donors (Lipinski definition) is 1. The minimum Gasteiger partial charge on any atom is -0.356 e. The lowest BCUT2D eigenvalue weighted by molar-refractivity contribution is -0.140. The Morgan fingerprint density at radius 1 is 1.26 bits per heavy atom. The zero-order valence-corrected chi connectivity index (χ0v) is 11.7. The minimum absolute atomic E-state index is 0.0664. The van der Waals surface area contributed by atoms with Crippen molar-refractivity contribution in [3.8, 4) is 0 Å². The van der Waals surface area contributed by atoms with Gasteiger partial charge < -0.3 is 10.2 Å². The van der Waals surface area contributed by atoms with Crippen molar-refractivity contribution in [2.24, 2.45) is 5.92 Å². The van der Waals surface area contributed by atoms with Gasteiger partial charge in [0.25, 0.3) is 0 Å². The van der Waals surface area contributed by atoms with Crippen molar-refractivity contribution >= 4 is 11.8 Å². The molecule has 0 aromatic heterocycles. The molecule has 106 valence electrons. The lowest BCUT2D eigenvalue weighted by Gasteiger charge is -2.37. The van der Waals surface area contributed by atoms with Crippen LogP contribution in [0.15, 0.2) is 12.2 Å². The summed E-state index contributed by atoms with van der Waals surface area (Å²) in [6.07, 6.45) is 9.51. The van der Waals surface area contributed by atoms with Crippen molar-refractivity contribution in [2.75, 3.05) is 13.1 Å². The van der Waals surface area contributed by atoms with Gasteiger partial charge in [0, 0.05) is 31.5 Å². The number of piperidine rings is 1. The van der Waals surface area contributed by atoms with E-state index in [1.807, 2.05) is 11.8 Å². The summed E-state index contributed by atoms with van der Waals surface area (Å²) in [5.41, 5.74) is 0. The highest BCUT2D eigenvalue weighted by atomic mass is 16.2. The molecular weight excluding hydrogens is 240 g/mol. The smallest absolute Gasteiger partial charge is 0.226 e. The summed E-state index contributed by atoms with van der Waals surface area (Å²) in [6.45, 7) is 3.40. The fraction of sp³-hybridized carbons (Fsp3) is 0.733. The van der Waals surface area contributed by atoms with E-state index in [1.54, 1.807) is 0 Å². The molecule has 0 aromatic carbocycles. The van der Waals surface area contributed by atoms with Crippen LogP contribution in [0.3, 0.4) is 0 Å².